The predicted octanol–water partition coefficient (Wildman–Crippen LogP) is 5.81. The Morgan fingerprint density at radius 1 is 0.970 bits per heavy atom. The van der Waals surface area contributed by atoms with Gasteiger partial charge in [-0.05, 0) is 68.8 Å². The first-order valence-electron chi connectivity index (χ1n) is 10.6. The standard InChI is InChI=1S/C25H27F2N3O2S/c1-17(2)30(25(32)28-22-6-4-5-21(27)13-22)16-24(31)29(15-23-12-7-18(3)33-23)14-19-8-10-20(26)11-9-19/h4-13,17H,14-16H2,1-3H3,(H,28,32). The largest absolute Gasteiger partial charge is 0.332 e. The molecular formula is C25H27F2N3O2S. The fraction of sp³-hybridized carbons (Fsp3) is 0.280. The molecule has 0 unspecified atom stereocenters. The van der Waals surface area contributed by atoms with E-state index in [1.54, 1.807) is 34.4 Å². The van der Waals surface area contributed by atoms with Crippen LogP contribution in [-0.2, 0) is 17.9 Å². The molecule has 1 heterocycles. The van der Waals surface area contributed by atoms with E-state index in [1.165, 1.54) is 35.2 Å². The van der Waals surface area contributed by atoms with Crippen LogP contribution in [0, 0.1) is 18.6 Å². The molecule has 0 spiro atoms. The van der Waals surface area contributed by atoms with Crippen molar-refractivity contribution in [2.75, 3.05) is 11.9 Å². The lowest BCUT2D eigenvalue weighted by Crippen LogP contribution is -2.47. The third kappa shape index (κ3) is 7.12. The van der Waals surface area contributed by atoms with Gasteiger partial charge in [0.1, 0.15) is 18.2 Å². The zero-order valence-corrected chi connectivity index (χ0v) is 19.7. The SMILES string of the molecule is Cc1ccc(CN(Cc2ccc(F)cc2)C(=O)CN(C(=O)Nc2cccc(F)c2)C(C)C)s1. The van der Waals surface area contributed by atoms with Crippen molar-refractivity contribution in [3.8, 4) is 0 Å². The van der Waals surface area contributed by atoms with E-state index in [0.717, 1.165) is 15.3 Å². The molecule has 0 aliphatic heterocycles. The number of benzene rings is 2. The minimum Gasteiger partial charge on any atom is -0.332 e. The number of nitrogens with zero attached hydrogens (tertiary/aromatic N) is 2. The Hall–Kier alpha value is -3.26. The van der Waals surface area contributed by atoms with Gasteiger partial charge in [0.25, 0.3) is 0 Å². The first-order valence-corrected chi connectivity index (χ1v) is 11.4. The maximum atomic E-state index is 13.5. The zero-order valence-electron chi connectivity index (χ0n) is 18.8. The van der Waals surface area contributed by atoms with Gasteiger partial charge >= 0.3 is 6.03 Å². The molecule has 0 saturated carbocycles. The van der Waals surface area contributed by atoms with Gasteiger partial charge < -0.3 is 15.1 Å². The number of urea groups is 1. The van der Waals surface area contributed by atoms with Crippen molar-refractivity contribution in [1.82, 2.24) is 9.80 Å². The molecule has 3 amide bonds. The quantitative estimate of drug-likeness (QED) is 0.451. The molecule has 3 aromatic rings. The number of hydrogen-bond donors (Lipinski definition) is 1. The molecule has 0 bridgehead atoms. The van der Waals surface area contributed by atoms with Crippen molar-refractivity contribution >= 4 is 29.0 Å². The number of aryl methyl sites for hydroxylation is 1. The van der Waals surface area contributed by atoms with Crippen LogP contribution in [0.5, 0.6) is 0 Å². The highest BCUT2D eigenvalue weighted by Crippen LogP contribution is 2.20. The number of rotatable bonds is 8. The molecule has 1 aromatic heterocycles. The molecule has 0 aliphatic carbocycles. The van der Waals surface area contributed by atoms with Crippen LogP contribution in [0.3, 0.4) is 0 Å². The molecule has 5 nitrogen and oxygen atoms in total. The van der Waals surface area contributed by atoms with Crippen molar-refractivity contribution < 1.29 is 18.4 Å². The van der Waals surface area contributed by atoms with Gasteiger partial charge in [-0.15, -0.1) is 11.3 Å². The zero-order chi connectivity index (χ0) is 24.0. The second kappa shape index (κ2) is 11.0. The highest BCUT2D eigenvalue weighted by Gasteiger charge is 2.24. The van der Waals surface area contributed by atoms with Crippen molar-refractivity contribution in [3.63, 3.8) is 0 Å². The lowest BCUT2D eigenvalue weighted by molar-refractivity contribution is -0.133. The lowest BCUT2D eigenvalue weighted by atomic mass is 10.2. The second-order valence-electron chi connectivity index (χ2n) is 8.05. The Morgan fingerprint density at radius 3 is 2.30 bits per heavy atom. The average Bonchev–Trinajstić information content (AvgIpc) is 3.17. The smallest absolute Gasteiger partial charge is 0.322 e. The summed E-state index contributed by atoms with van der Waals surface area (Å²) >= 11 is 1.60. The van der Waals surface area contributed by atoms with Gasteiger partial charge in [-0.1, -0.05) is 18.2 Å². The monoisotopic (exact) mass is 471 g/mol. The third-order valence-corrected chi connectivity index (χ3v) is 6.03. The fourth-order valence-electron chi connectivity index (χ4n) is 3.30. The Bertz CT molecular complexity index is 1100. The predicted molar refractivity (Wildman–Crippen MR) is 127 cm³/mol. The molecule has 0 radical (unpaired) electrons. The number of carbonyl (C=O) groups excluding carboxylic acids is 2. The molecule has 0 fully saturated rings. The van der Waals surface area contributed by atoms with E-state index < -0.39 is 11.8 Å². The number of halogens is 2. The fourth-order valence-corrected chi connectivity index (χ4v) is 4.20. The molecule has 0 atom stereocenters. The number of carbonyl (C=O) groups is 2. The van der Waals surface area contributed by atoms with E-state index in [4.69, 9.17) is 0 Å². The van der Waals surface area contributed by atoms with Crippen molar-refractivity contribution in [1.29, 1.82) is 0 Å². The molecule has 0 saturated heterocycles. The maximum Gasteiger partial charge on any atom is 0.322 e. The molecule has 8 heteroatoms. The normalized spacial score (nSPS) is 10.8. The summed E-state index contributed by atoms with van der Waals surface area (Å²) in [5, 5.41) is 2.65. The average molecular weight is 472 g/mol. The molecule has 3 rings (SSSR count). The van der Waals surface area contributed by atoms with Crippen LogP contribution in [0.15, 0.2) is 60.7 Å². The van der Waals surface area contributed by atoms with Crippen LogP contribution in [0.1, 0.15) is 29.2 Å². The Kier molecular flexibility index (Phi) is 8.16. The summed E-state index contributed by atoms with van der Waals surface area (Å²) in [7, 11) is 0. The van der Waals surface area contributed by atoms with Gasteiger partial charge in [-0.3, -0.25) is 4.79 Å². The summed E-state index contributed by atoms with van der Waals surface area (Å²) in [5.74, 6) is -1.05. The van der Waals surface area contributed by atoms with E-state index in [1.807, 2.05) is 32.9 Å². The summed E-state index contributed by atoms with van der Waals surface area (Å²) in [6.45, 7) is 6.14. The van der Waals surface area contributed by atoms with Crippen molar-refractivity contribution in [2.45, 2.75) is 39.9 Å². The highest BCUT2D eigenvalue weighted by molar-refractivity contribution is 7.11. The maximum absolute atomic E-state index is 13.5. The minimum atomic E-state index is -0.488. The summed E-state index contributed by atoms with van der Waals surface area (Å²) in [4.78, 5) is 31.4. The molecule has 33 heavy (non-hydrogen) atoms. The summed E-state index contributed by atoms with van der Waals surface area (Å²) < 4.78 is 26.8. The van der Waals surface area contributed by atoms with Crippen LogP contribution in [-0.4, -0.2) is 34.3 Å². The van der Waals surface area contributed by atoms with Gasteiger partial charge in [0, 0.05) is 28.0 Å². The Balaban J connectivity index is 1.76. The minimum absolute atomic E-state index is 0.148. The summed E-state index contributed by atoms with van der Waals surface area (Å²) in [5.41, 5.74) is 1.11. The van der Waals surface area contributed by atoms with Crippen LogP contribution in [0.2, 0.25) is 0 Å². The van der Waals surface area contributed by atoms with Crippen molar-refractivity contribution in [3.05, 3.63) is 87.6 Å². The molecule has 174 valence electrons. The second-order valence-corrected chi connectivity index (χ2v) is 9.42. The van der Waals surface area contributed by atoms with Crippen LogP contribution >= 0.6 is 11.3 Å². The Morgan fingerprint density at radius 2 is 1.70 bits per heavy atom. The number of thiophene rings is 1. The lowest BCUT2D eigenvalue weighted by Gasteiger charge is -2.30. The topological polar surface area (TPSA) is 52.7 Å². The van der Waals surface area contributed by atoms with Gasteiger partial charge in [-0.2, -0.15) is 0 Å². The third-order valence-electron chi connectivity index (χ3n) is 5.05. The first kappa shape index (κ1) is 24.4. The van der Waals surface area contributed by atoms with E-state index in [9.17, 15) is 18.4 Å². The van der Waals surface area contributed by atoms with Crippen molar-refractivity contribution in [2.24, 2.45) is 0 Å². The highest BCUT2D eigenvalue weighted by atomic mass is 32.1. The van der Waals surface area contributed by atoms with E-state index in [2.05, 4.69) is 5.32 Å². The van der Waals surface area contributed by atoms with Gasteiger partial charge in [0.2, 0.25) is 5.91 Å². The summed E-state index contributed by atoms with van der Waals surface area (Å²) in [6.07, 6.45) is 0. The number of nitrogens with one attached hydrogen (secondary N) is 1. The molecule has 1 N–H and O–H groups in total. The van der Waals surface area contributed by atoms with Crippen LogP contribution < -0.4 is 5.32 Å². The van der Waals surface area contributed by atoms with E-state index in [0.29, 0.717) is 12.2 Å². The van der Waals surface area contributed by atoms with Gasteiger partial charge in [0.15, 0.2) is 0 Å². The molecular weight excluding hydrogens is 444 g/mol. The molecule has 0 aliphatic rings. The number of anilines is 1. The van der Waals surface area contributed by atoms with Crippen LogP contribution in [0.25, 0.3) is 0 Å². The van der Waals surface area contributed by atoms with Gasteiger partial charge in [-0.25, -0.2) is 13.6 Å². The van der Waals surface area contributed by atoms with E-state index >= 15 is 0 Å². The Labute approximate surface area is 196 Å². The number of amides is 3. The van der Waals surface area contributed by atoms with Gasteiger partial charge in [0.05, 0.1) is 6.54 Å². The van der Waals surface area contributed by atoms with E-state index in [-0.39, 0.29) is 30.9 Å². The number of hydrogen-bond acceptors (Lipinski definition) is 3. The first-order chi connectivity index (χ1) is 15.7. The summed E-state index contributed by atoms with van der Waals surface area (Å²) in [6, 6.07) is 14.8. The molecule has 2 aromatic carbocycles. The van der Waals surface area contributed by atoms with Crippen LogP contribution in [0.4, 0.5) is 19.3 Å².